The first-order chi connectivity index (χ1) is 10.2. The topological polar surface area (TPSA) is 37.8 Å². The third kappa shape index (κ3) is 3.28. The SMILES string of the molecule is C[C@@H](NCc1cnc2ccccc2n1)c1ccccc1Br. The highest BCUT2D eigenvalue weighted by atomic mass is 79.9. The molecule has 0 radical (unpaired) electrons. The first kappa shape index (κ1) is 14.2. The summed E-state index contributed by atoms with van der Waals surface area (Å²) in [5.74, 6) is 0. The van der Waals surface area contributed by atoms with E-state index >= 15 is 0 Å². The lowest BCUT2D eigenvalue weighted by Crippen LogP contribution is -2.19. The van der Waals surface area contributed by atoms with Gasteiger partial charge >= 0.3 is 0 Å². The average Bonchev–Trinajstić information content (AvgIpc) is 2.53. The van der Waals surface area contributed by atoms with Crippen molar-refractivity contribution in [3.8, 4) is 0 Å². The van der Waals surface area contributed by atoms with Crippen molar-refractivity contribution in [2.24, 2.45) is 0 Å². The van der Waals surface area contributed by atoms with Gasteiger partial charge < -0.3 is 5.32 Å². The van der Waals surface area contributed by atoms with Gasteiger partial charge in [-0.05, 0) is 30.7 Å². The van der Waals surface area contributed by atoms with Gasteiger partial charge in [0.15, 0.2) is 0 Å². The van der Waals surface area contributed by atoms with Crippen molar-refractivity contribution in [2.75, 3.05) is 0 Å². The summed E-state index contributed by atoms with van der Waals surface area (Å²) in [5, 5.41) is 3.49. The zero-order chi connectivity index (χ0) is 14.7. The Morgan fingerprint density at radius 2 is 1.76 bits per heavy atom. The quantitative estimate of drug-likeness (QED) is 0.771. The zero-order valence-corrected chi connectivity index (χ0v) is 13.3. The highest BCUT2D eigenvalue weighted by Gasteiger charge is 2.08. The Kier molecular flexibility index (Phi) is 4.27. The molecule has 3 aromatic rings. The van der Waals surface area contributed by atoms with Gasteiger partial charge in [-0.15, -0.1) is 0 Å². The van der Waals surface area contributed by atoms with Gasteiger partial charge in [0.1, 0.15) is 0 Å². The molecule has 0 saturated heterocycles. The molecule has 0 spiro atoms. The molecule has 106 valence electrons. The first-order valence-corrected chi connectivity index (χ1v) is 7.72. The van der Waals surface area contributed by atoms with Crippen molar-refractivity contribution in [1.82, 2.24) is 15.3 Å². The molecule has 0 bridgehead atoms. The molecule has 1 heterocycles. The molecule has 4 heteroatoms. The van der Waals surface area contributed by atoms with Crippen LogP contribution in [0.5, 0.6) is 0 Å². The number of hydrogen-bond donors (Lipinski definition) is 1. The Hall–Kier alpha value is -1.78. The maximum absolute atomic E-state index is 4.63. The highest BCUT2D eigenvalue weighted by molar-refractivity contribution is 9.10. The van der Waals surface area contributed by atoms with Crippen LogP contribution in [0.2, 0.25) is 0 Å². The average molecular weight is 342 g/mol. The lowest BCUT2D eigenvalue weighted by Gasteiger charge is -2.15. The van der Waals surface area contributed by atoms with Gasteiger partial charge in [-0.1, -0.05) is 46.3 Å². The number of hydrogen-bond acceptors (Lipinski definition) is 3. The van der Waals surface area contributed by atoms with E-state index in [-0.39, 0.29) is 6.04 Å². The Bertz CT molecular complexity index is 758. The number of benzene rings is 2. The zero-order valence-electron chi connectivity index (χ0n) is 11.8. The molecule has 0 amide bonds. The van der Waals surface area contributed by atoms with Gasteiger partial charge in [-0.3, -0.25) is 4.98 Å². The van der Waals surface area contributed by atoms with Crippen LogP contribution in [-0.2, 0) is 6.54 Å². The van der Waals surface area contributed by atoms with Gasteiger partial charge in [-0.2, -0.15) is 0 Å². The summed E-state index contributed by atoms with van der Waals surface area (Å²) < 4.78 is 1.12. The summed E-state index contributed by atoms with van der Waals surface area (Å²) in [6.07, 6.45) is 1.84. The first-order valence-electron chi connectivity index (χ1n) is 6.92. The standard InChI is InChI=1S/C17H16BrN3/c1-12(14-6-2-3-7-15(14)18)19-10-13-11-20-16-8-4-5-9-17(16)21-13/h2-9,11-12,19H,10H2,1H3/t12-/m1/s1. The summed E-state index contributed by atoms with van der Waals surface area (Å²) in [4.78, 5) is 9.06. The summed E-state index contributed by atoms with van der Waals surface area (Å²) in [5.41, 5.74) is 4.06. The molecule has 3 rings (SSSR count). The van der Waals surface area contributed by atoms with Crippen molar-refractivity contribution in [1.29, 1.82) is 0 Å². The van der Waals surface area contributed by atoms with Crippen LogP contribution in [0.15, 0.2) is 59.2 Å². The molecule has 0 saturated carbocycles. The second-order valence-electron chi connectivity index (χ2n) is 4.97. The van der Waals surface area contributed by atoms with E-state index in [9.17, 15) is 0 Å². The molecule has 0 fully saturated rings. The van der Waals surface area contributed by atoms with Crippen LogP contribution >= 0.6 is 15.9 Å². The predicted octanol–water partition coefficient (Wildman–Crippen LogP) is 4.24. The van der Waals surface area contributed by atoms with E-state index in [1.165, 1.54) is 5.56 Å². The molecule has 0 aliphatic heterocycles. The number of halogens is 1. The van der Waals surface area contributed by atoms with Crippen molar-refractivity contribution >= 4 is 27.0 Å². The van der Waals surface area contributed by atoms with E-state index in [1.807, 2.05) is 42.6 Å². The minimum absolute atomic E-state index is 0.244. The number of aromatic nitrogens is 2. The smallest absolute Gasteiger partial charge is 0.0890 e. The van der Waals surface area contributed by atoms with Crippen LogP contribution in [0, 0.1) is 0 Å². The van der Waals surface area contributed by atoms with Crippen LogP contribution < -0.4 is 5.32 Å². The van der Waals surface area contributed by atoms with Gasteiger partial charge in [0.05, 0.1) is 22.9 Å². The fourth-order valence-electron chi connectivity index (χ4n) is 2.27. The molecule has 21 heavy (non-hydrogen) atoms. The molecule has 0 unspecified atom stereocenters. The van der Waals surface area contributed by atoms with Crippen molar-refractivity contribution in [2.45, 2.75) is 19.5 Å². The van der Waals surface area contributed by atoms with E-state index in [2.05, 4.69) is 50.3 Å². The largest absolute Gasteiger partial charge is 0.304 e. The van der Waals surface area contributed by atoms with Crippen LogP contribution in [-0.4, -0.2) is 9.97 Å². The molecule has 1 aromatic heterocycles. The van der Waals surface area contributed by atoms with Gasteiger partial charge in [0.2, 0.25) is 0 Å². The lowest BCUT2D eigenvalue weighted by atomic mass is 10.1. The number of fused-ring (bicyclic) bond motifs is 1. The molecule has 0 aliphatic rings. The van der Waals surface area contributed by atoms with E-state index in [4.69, 9.17) is 0 Å². The van der Waals surface area contributed by atoms with Gasteiger partial charge in [-0.25, -0.2) is 4.98 Å². The number of nitrogens with one attached hydrogen (secondary N) is 1. The Balaban J connectivity index is 1.73. The second-order valence-corrected chi connectivity index (χ2v) is 5.83. The summed E-state index contributed by atoms with van der Waals surface area (Å²) in [7, 11) is 0. The fourth-order valence-corrected chi connectivity index (χ4v) is 2.90. The molecule has 3 nitrogen and oxygen atoms in total. The third-order valence-electron chi connectivity index (χ3n) is 3.46. The van der Waals surface area contributed by atoms with Crippen LogP contribution in [0.25, 0.3) is 11.0 Å². The van der Waals surface area contributed by atoms with Gasteiger partial charge in [0, 0.05) is 17.1 Å². The summed E-state index contributed by atoms with van der Waals surface area (Å²) in [6.45, 7) is 2.84. The number of para-hydroxylation sites is 2. The minimum atomic E-state index is 0.244. The van der Waals surface area contributed by atoms with Crippen LogP contribution in [0.3, 0.4) is 0 Å². The normalized spacial score (nSPS) is 12.5. The number of nitrogens with zero attached hydrogens (tertiary/aromatic N) is 2. The summed E-state index contributed by atoms with van der Waals surface area (Å²) >= 11 is 3.59. The molecule has 0 aliphatic carbocycles. The van der Waals surface area contributed by atoms with Crippen LogP contribution in [0.4, 0.5) is 0 Å². The van der Waals surface area contributed by atoms with Crippen molar-refractivity contribution in [3.63, 3.8) is 0 Å². The molecular formula is C17H16BrN3. The second kappa shape index (κ2) is 6.33. The highest BCUT2D eigenvalue weighted by Crippen LogP contribution is 2.22. The lowest BCUT2D eigenvalue weighted by molar-refractivity contribution is 0.566. The molecule has 1 atom stereocenters. The molecular weight excluding hydrogens is 326 g/mol. The van der Waals surface area contributed by atoms with E-state index < -0.39 is 0 Å². The Morgan fingerprint density at radius 1 is 1.05 bits per heavy atom. The predicted molar refractivity (Wildman–Crippen MR) is 88.9 cm³/mol. The maximum atomic E-state index is 4.63. The third-order valence-corrected chi connectivity index (χ3v) is 4.18. The van der Waals surface area contributed by atoms with Gasteiger partial charge in [0.25, 0.3) is 0 Å². The van der Waals surface area contributed by atoms with E-state index in [1.54, 1.807) is 0 Å². The summed E-state index contributed by atoms with van der Waals surface area (Å²) in [6, 6.07) is 16.4. The fraction of sp³-hybridized carbons (Fsp3) is 0.176. The van der Waals surface area contributed by atoms with E-state index in [0.29, 0.717) is 6.54 Å². The van der Waals surface area contributed by atoms with Crippen molar-refractivity contribution in [3.05, 3.63) is 70.5 Å². The number of rotatable bonds is 4. The minimum Gasteiger partial charge on any atom is -0.304 e. The molecule has 1 N–H and O–H groups in total. The van der Waals surface area contributed by atoms with Crippen LogP contribution in [0.1, 0.15) is 24.2 Å². The van der Waals surface area contributed by atoms with E-state index in [0.717, 1.165) is 21.2 Å². The maximum Gasteiger partial charge on any atom is 0.0890 e. The molecule has 2 aromatic carbocycles. The Morgan fingerprint density at radius 3 is 2.57 bits per heavy atom. The monoisotopic (exact) mass is 341 g/mol. The Labute approximate surface area is 132 Å². The van der Waals surface area contributed by atoms with Crippen molar-refractivity contribution < 1.29 is 0 Å².